The lowest BCUT2D eigenvalue weighted by Crippen LogP contribution is -2.05. The minimum absolute atomic E-state index is 0.298. The zero-order valence-electron chi connectivity index (χ0n) is 8.62. The van der Waals surface area contributed by atoms with Crippen molar-refractivity contribution in [2.45, 2.75) is 6.92 Å². The fourth-order valence-electron chi connectivity index (χ4n) is 0.605. The van der Waals surface area contributed by atoms with Gasteiger partial charge in [-0.2, -0.15) is 0 Å². The van der Waals surface area contributed by atoms with E-state index in [2.05, 4.69) is 5.11 Å². The van der Waals surface area contributed by atoms with Crippen LogP contribution in [0.3, 0.4) is 0 Å². The van der Waals surface area contributed by atoms with Crippen LogP contribution in [0.25, 0.3) is 0 Å². The molecule has 0 spiro atoms. The smallest absolute Gasteiger partial charge is 0.210 e. The summed E-state index contributed by atoms with van der Waals surface area (Å²) in [6.07, 6.45) is 0. The third-order valence-corrected chi connectivity index (χ3v) is 2.21. The summed E-state index contributed by atoms with van der Waals surface area (Å²) in [6, 6.07) is 0. The average molecular weight is 197 g/mol. The van der Waals surface area contributed by atoms with E-state index in [1.165, 1.54) is 0 Å². The monoisotopic (exact) mass is 197 g/mol. The minimum atomic E-state index is -0.753. The molecular weight excluding hydrogens is 179 g/mol. The summed E-state index contributed by atoms with van der Waals surface area (Å²) < 4.78 is 22.0. The van der Waals surface area contributed by atoms with Crippen LogP contribution in [0.4, 0.5) is 0 Å². The Morgan fingerprint density at radius 2 is 2.17 bits per heavy atom. The second-order valence-corrected chi connectivity index (χ2v) is 3.40. The molecule has 0 heterocycles. The van der Waals surface area contributed by atoms with Gasteiger partial charge in [0.25, 0.3) is 0 Å². The predicted octanol–water partition coefficient (Wildman–Crippen LogP) is 0.990. The first-order chi connectivity index (χ1) is 6.31. The second-order valence-electron chi connectivity index (χ2n) is 2.01. The number of rotatable bonds is 9. The Kier molecular flexibility index (Phi) is 8.07. The summed E-state index contributed by atoms with van der Waals surface area (Å²) >= 11 is 0. The van der Waals surface area contributed by atoms with Crippen LogP contribution in [0.2, 0.25) is 0 Å². The standard InChI is InChI=1S/C7H17O4P/c1-3-10-12(2)11-7-6-9-5-4-8/h8H,3-7H2,1-2H3/i8D. The molecule has 1 atom stereocenters. The van der Waals surface area contributed by atoms with Gasteiger partial charge in [0.1, 0.15) is 0 Å². The Balaban J connectivity index is 2.97. The van der Waals surface area contributed by atoms with E-state index in [9.17, 15) is 0 Å². The highest BCUT2D eigenvalue weighted by Gasteiger charge is 1.99. The van der Waals surface area contributed by atoms with Crippen LogP contribution in [0.1, 0.15) is 6.92 Å². The van der Waals surface area contributed by atoms with E-state index in [4.69, 9.17) is 15.2 Å². The Morgan fingerprint density at radius 3 is 2.83 bits per heavy atom. The molecule has 0 saturated heterocycles. The average Bonchev–Trinajstić information content (AvgIpc) is 2.11. The Labute approximate surface area is 76.2 Å². The fraction of sp³-hybridized carbons (Fsp3) is 1.00. The highest BCUT2D eigenvalue weighted by molar-refractivity contribution is 7.46. The van der Waals surface area contributed by atoms with Gasteiger partial charge < -0.3 is 18.9 Å². The molecule has 0 aliphatic rings. The Hall–Kier alpha value is 0.270. The topological polar surface area (TPSA) is 47.9 Å². The molecule has 0 amide bonds. The van der Waals surface area contributed by atoms with Crippen molar-refractivity contribution in [1.29, 1.82) is 1.43 Å². The molecule has 0 aliphatic heterocycles. The molecule has 0 aromatic rings. The SMILES string of the molecule is [2H]OCCOCCOP(C)OCC. The molecule has 0 saturated carbocycles. The van der Waals surface area contributed by atoms with Crippen LogP contribution in [-0.2, 0) is 13.8 Å². The van der Waals surface area contributed by atoms with Gasteiger partial charge in [0, 0.05) is 6.66 Å². The quantitative estimate of drug-likeness (QED) is 0.442. The molecule has 1 unspecified atom stereocenters. The molecule has 1 N–H and O–H groups in total. The number of aliphatic hydroxyl groups is 1. The van der Waals surface area contributed by atoms with Crippen molar-refractivity contribution in [3.8, 4) is 0 Å². The highest BCUT2D eigenvalue weighted by Crippen LogP contribution is 2.32. The summed E-state index contributed by atoms with van der Waals surface area (Å²) in [5, 5.41) is 4.07. The number of aliphatic hydroxyl groups excluding tert-OH is 1. The van der Waals surface area contributed by atoms with E-state index in [1.807, 2.05) is 13.6 Å². The first-order valence-corrected chi connectivity index (χ1v) is 5.59. The summed E-state index contributed by atoms with van der Waals surface area (Å²) in [6.45, 7) is 6.30. The van der Waals surface area contributed by atoms with Gasteiger partial charge >= 0.3 is 0 Å². The number of ether oxygens (including phenoxy) is 1. The van der Waals surface area contributed by atoms with Gasteiger partial charge in [0.05, 0.1) is 33.0 Å². The van der Waals surface area contributed by atoms with Gasteiger partial charge in [0.15, 0.2) is 8.38 Å². The second kappa shape index (κ2) is 9.36. The minimum Gasteiger partial charge on any atom is -0.394 e. The maximum absolute atomic E-state index is 6.38. The van der Waals surface area contributed by atoms with Gasteiger partial charge in [-0.25, -0.2) is 0 Å². The van der Waals surface area contributed by atoms with E-state index in [0.717, 1.165) is 0 Å². The van der Waals surface area contributed by atoms with Gasteiger partial charge in [-0.15, -0.1) is 0 Å². The van der Waals surface area contributed by atoms with E-state index >= 15 is 0 Å². The lowest BCUT2D eigenvalue weighted by molar-refractivity contribution is 0.0698. The molecule has 5 heteroatoms. The maximum atomic E-state index is 6.38. The number of hydrogen-bond donors (Lipinski definition) is 1. The molecular formula is C7H17O4P. The van der Waals surface area contributed by atoms with Crippen LogP contribution in [0.5, 0.6) is 0 Å². The van der Waals surface area contributed by atoms with Crippen LogP contribution in [-0.4, -0.2) is 46.2 Å². The van der Waals surface area contributed by atoms with Crippen LogP contribution in [0.15, 0.2) is 0 Å². The fourth-order valence-corrected chi connectivity index (χ4v) is 1.37. The molecule has 0 aromatic heterocycles. The summed E-state index contributed by atoms with van der Waals surface area (Å²) in [4.78, 5) is 0. The molecule has 0 rings (SSSR count). The molecule has 4 nitrogen and oxygen atoms in total. The van der Waals surface area contributed by atoms with Gasteiger partial charge in [-0.05, 0) is 6.92 Å². The van der Waals surface area contributed by atoms with Crippen LogP contribution >= 0.6 is 8.38 Å². The number of hydrogen-bond acceptors (Lipinski definition) is 4. The normalized spacial score (nSPS) is 14.3. The summed E-state index contributed by atoms with van der Waals surface area (Å²) in [5.41, 5.74) is 0. The van der Waals surface area contributed by atoms with Crippen molar-refractivity contribution in [3.63, 3.8) is 0 Å². The van der Waals surface area contributed by atoms with E-state index in [1.54, 1.807) is 0 Å². The highest BCUT2D eigenvalue weighted by atomic mass is 31.2. The first-order valence-electron chi connectivity index (χ1n) is 4.37. The van der Waals surface area contributed by atoms with Crippen molar-refractivity contribution in [3.05, 3.63) is 0 Å². The van der Waals surface area contributed by atoms with Crippen molar-refractivity contribution in [1.82, 2.24) is 0 Å². The van der Waals surface area contributed by atoms with Crippen LogP contribution < -0.4 is 0 Å². The van der Waals surface area contributed by atoms with Crippen molar-refractivity contribution in [2.24, 2.45) is 0 Å². The third-order valence-electron chi connectivity index (χ3n) is 1.04. The Bertz CT molecular complexity index is 106. The van der Waals surface area contributed by atoms with E-state index in [0.29, 0.717) is 33.0 Å². The summed E-state index contributed by atoms with van der Waals surface area (Å²) in [7, 11) is -0.753. The zero-order valence-corrected chi connectivity index (χ0v) is 8.51. The van der Waals surface area contributed by atoms with Gasteiger partial charge in [-0.3, -0.25) is 0 Å². The zero-order chi connectivity index (χ0) is 9.94. The van der Waals surface area contributed by atoms with Gasteiger partial charge in [-0.1, -0.05) is 0 Å². The first kappa shape index (κ1) is 10.4. The molecule has 0 bridgehead atoms. The van der Waals surface area contributed by atoms with Crippen molar-refractivity contribution < 1.29 is 18.9 Å². The third kappa shape index (κ3) is 8.37. The molecule has 74 valence electrons. The molecule has 0 fully saturated rings. The lowest BCUT2D eigenvalue weighted by atomic mass is 10.7. The summed E-state index contributed by atoms with van der Waals surface area (Å²) in [5.74, 6) is 0. The van der Waals surface area contributed by atoms with Crippen molar-refractivity contribution in [2.75, 3.05) is 39.7 Å². The predicted molar refractivity (Wildman–Crippen MR) is 48.3 cm³/mol. The van der Waals surface area contributed by atoms with E-state index < -0.39 is 8.38 Å². The van der Waals surface area contributed by atoms with Crippen LogP contribution in [0, 0.1) is 0 Å². The maximum Gasteiger partial charge on any atom is 0.210 e. The molecule has 0 aromatic carbocycles. The van der Waals surface area contributed by atoms with E-state index in [-0.39, 0.29) is 0 Å². The lowest BCUT2D eigenvalue weighted by Gasteiger charge is -2.11. The largest absolute Gasteiger partial charge is 0.394 e. The molecule has 0 radical (unpaired) electrons. The molecule has 0 aliphatic carbocycles. The van der Waals surface area contributed by atoms with Gasteiger partial charge in [0.2, 0.25) is 1.43 Å². The molecule has 12 heavy (non-hydrogen) atoms. The Morgan fingerprint density at radius 1 is 1.33 bits per heavy atom. The van der Waals surface area contributed by atoms with Crippen molar-refractivity contribution >= 4 is 8.38 Å².